The van der Waals surface area contributed by atoms with Crippen molar-refractivity contribution in [1.29, 1.82) is 0 Å². The number of hydrogen-bond donors (Lipinski definition) is 0. The predicted molar refractivity (Wildman–Crippen MR) is 128 cm³/mol. The van der Waals surface area contributed by atoms with Crippen molar-refractivity contribution < 1.29 is 23.6 Å². The van der Waals surface area contributed by atoms with Gasteiger partial charge in [0.2, 0.25) is 5.52 Å². The quantitative estimate of drug-likeness (QED) is 0.305. The number of aryl methyl sites for hydroxylation is 2. The van der Waals surface area contributed by atoms with Crippen molar-refractivity contribution in [3.8, 4) is 11.5 Å². The van der Waals surface area contributed by atoms with Crippen LogP contribution in [0.1, 0.15) is 37.4 Å². The third-order valence-electron chi connectivity index (χ3n) is 5.10. The van der Waals surface area contributed by atoms with E-state index in [2.05, 4.69) is 0 Å². The Morgan fingerprint density at radius 2 is 1.28 bits per heavy atom. The van der Waals surface area contributed by atoms with Crippen molar-refractivity contribution in [1.82, 2.24) is 0 Å². The van der Waals surface area contributed by atoms with Gasteiger partial charge in [0.1, 0.15) is 5.30 Å². The number of rotatable bonds is 7. The predicted octanol–water partition coefficient (Wildman–Crippen LogP) is 5.88. The summed E-state index contributed by atoms with van der Waals surface area (Å²) in [6, 6.07) is 13.8. The molecule has 0 aliphatic carbocycles. The van der Waals surface area contributed by atoms with Gasteiger partial charge >= 0.3 is 0 Å². The van der Waals surface area contributed by atoms with E-state index in [0.717, 1.165) is 0 Å². The fraction of sp³-hybridized carbons (Fsp3) is 0.167. The molecule has 0 amide bonds. The highest BCUT2D eigenvalue weighted by Gasteiger charge is 2.33. The molecule has 8 heteroatoms. The Bertz CT molecular complexity index is 1190. The van der Waals surface area contributed by atoms with E-state index in [1.54, 1.807) is 56.3 Å². The Balaban J connectivity index is 2.25. The summed E-state index contributed by atoms with van der Waals surface area (Å²) < 4.78 is 24.4. The Hall–Kier alpha value is -2.59. The van der Waals surface area contributed by atoms with Gasteiger partial charge in [0.15, 0.2) is 25.1 Å². The summed E-state index contributed by atoms with van der Waals surface area (Å²) in [5, 5.41) is -0.308. The number of benzene rings is 3. The van der Waals surface area contributed by atoms with Crippen molar-refractivity contribution >= 4 is 47.6 Å². The highest BCUT2D eigenvalue weighted by atomic mass is 35.5. The zero-order chi connectivity index (χ0) is 23.6. The molecule has 32 heavy (non-hydrogen) atoms. The number of carbonyl (C=O) groups is 2. The summed E-state index contributed by atoms with van der Waals surface area (Å²) in [7, 11) is -0.568. The first-order valence-corrected chi connectivity index (χ1v) is 11.8. The van der Waals surface area contributed by atoms with Gasteiger partial charge in [-0.1, -0.05) is 71.7 Å². The molecule has 1 unspecified atom stereocenters. The van der Waals surface area contributed by atoms with Crippen LogP contribution in [0.15, 0.2) is 48.5 Å². The molecule has 0 fully saturated rings. The summed E-state index contributed by atoms with van der Waals surface area (Å²) in [6.07, 6.45) is 0. The SMILES string of the molecule is COc1c(Cl)c(C(=O)c2ccccc2)c(Cl)c(OC)c1[PH](=O)C(=O)c1c(C)cccc1C. The van der Waals surface area contributed by atoms with Crippen LogP contribution in [0.3, 0.4) is 0 Å². The molecule has 0 N–H and O–H groups in total. The van der Waals surface area contributed by atoms with Crippen LogP contribution in [0.2, 0.25) is 10.0 Å². The summed E-state index contributed by atoms with van der Waals surface area (Å²) >= 11 is 13.1. The fourth-order valence-corrected chi connectivity index (χ4v) is 6.19. The zero-order valence-corrected chi connectivity index (χ0v) is 20.4. The molecule has 0 heterocycles. The Labute approximate surface area is 197 Å². The Morgan fingerprint density at radius 3 is 1.75 bits per heavy atom. The van der Waals surface area contributed by atoms with Crippen LogP contribution < -0.4 is 14.8 Å². The molecule has 0 saturated carbocycles. The van der Waals surface area contributed by atoms with E-state index >= 15 is 0 Å². The van der Waals surface area contributed by atoms with Gasteiger partial charge in [-0.2, -0.15) is 0 Å². The highest BCUT2D eigenvalue weighted by molar-refractivity contribution is 7.72. The van der Waals surface area contributed by atoms with Gasteiger partial charge in [0.25, 0.3) is 0 Å². The zero-order valence-electron chi connectivity index (χ0n) is 17.9. The van der Waals surface area contributed by atoms with Gasteiger partial charge in [0.05, 0.1) is 29.8 Å². The van der Waals surface area contributed by atoms with Gasteiger partial charge < -0.3 is 14.0 Å². The molecule has 0 aromatic heterocycles. The lowest BCUT2D eigenvalue weighted by atomic mass is 10.0. The van der Waals surface area contributed by atoms with Crippen LogP contribution in [-0.4, -0.2) is 25.5 Å². The minimum Gasteiger partial charge on any atom is -0.494 e. The molecule has 0 bridgehead atoms. The minimum absolute atomic E-state index is 0.0488. The smallest absolute Gasteiger partial charge is 0.223 e. The summed E-state index contributed by atoms with van der Waals surface area (Å²) in [5.41, 5.74) is 1.48. The molecule has 3 aromatic rings. The van der Waals surface area contributed by atoms with Crippen molar-refractivity contribution in [2.75, 3.05) is 14.2 Å². The molecule has 0 spiro atoms. The number of ketones is 1. The molecule has 1 atom stereocenters. The third-order valence-corrected chi connectivity index (χ3v) is 7.40. The molecule has 0 radical (unpaired) electrons. The minimum atomic E-state index is -3.19. The van der Waals surface area contributed by atoms with E-state index in [-0.39, 0.29) is 32.4 Å². The third kappa shape index (κ3) is 4.21. The molecule has 3 aromatic carbocycles. The van der Waals surface area contributed by atoms with E-state index in [1.165, 1.54) is 14.2 Å². The molecule has 5 nitrogen and oxygen atoms in total. The topological polar surface area (TPSA) is 69.7 Å². The van der Waals surface area contributed by atoms with Crippen molar-refractivity contribution in [2.45, 2.75) is 13.8 Å². The van der Waals surface area contributed by atoms with Gasteiger partial charge in [-0.05, 0) is 25.0 Å². The fourth-order valence-electron chi connectivity index (χ4n) is 3.57. The number of hydrogen-bond acceptors (Lipinski definition) is 5. The molecule has 166 valence electrons. The normalized spacial score (nSPS) is 11.7. The average Bonchev–Trinajstić information content (AvgIpc) is 2.78. The van der Waals surface area contributed by atoms with Crippen LogP contribution >= 0.6 is 31.0 Å². The van der Waals surface area contributed by atoms with Crippen LogP contribution in [-0.2, 0) is 4.57 Å². The van der Waals surface area contributed by atoms with Crippen LogP contribution in [0.4, 0.5) is 0 Å². The highest BCUT2D eigenvalue weighted by Crippen LogP contribution is 2.46. The van der Waals surface area contributed by atoms with E-state index in [4.69, 9.17) is 32.7 Å². The van der Waals surface area contributed by atoms with Crippen LogP contribution in [0.25, 0.3) is 0 Å². The lowest BCUT2D eigenvalue weighted by Gasteiger charge is -2.19. The van der Waals surface area contributed by atoms with Crippen molar-refractivity contribution in [3.05, 3.63) is 86.4 Å². The van der Waals surface area contributed by atoms with Crippen LogP contribution in [0, 0.1) is 13.8 Å². The molecular formula is C24H21Cl2O5P. The molecular weight excluding hydrogens is 470 g/mol. The first-order chi connectivity index (χ1) is 15.2. The molecule has 0 aliphatic heterocycles. The number of carbonyl (C=O) groups excluding carboxylic acids is 2. The largest absolute Gasteiger partial charge is 0.494 e. The molecule has 0 aliphatic rings. The van der Waals surface area contributed by atoms with Crippen LogP contribution in [0.5, 0.6) is 11.5 Å². The first kappa shape index (κ1) is 24.1. The maximum absolute atomic E-state index is 13.5. The lowest BCUT2D eigenvalue weighted by molar-refractivity contribution is 0.103. The van der Waals surface area contributed by atoms with E-state index in [9.17, 15) is 14.2 Å². The second-order valence-corrected chi connectivity index (χ2v) is 9.43. The summed E-state index contributed by atoms with van der Waals surface area (Å²) in [5.74, 6) is -0.601. The van der Waals surface area contributed by atoms with E-state index in [0.29, 0.717) is 22.3 Å². The maximum atomic E-state index is 13.5. The number of methoxy groups -OCH3 is 2. The summed E-state index contributed by atoms with van der Waals surface area (Å²) in [4.78, 5) is 26.4. The first-order valence-electron chi connectivity index (χ1n) is 9.62. The molecule has 0 saturated heterocycles. The van der Waals surface area contributed by atoms with Gasteiger partial charge in [-0.15, -0.1) is 0 Å². The second-order valence-electron chi connectivity index (χ2n) is 7.06. The van der Waals surface area contributed by atoms with E-state index < -0.39 is 19.1 Å². The van der Waals surface area contributed by atoms with Crippen molar-refractivity contribution in [3.63, 3.8) is 0 Å². The Morgan fingerprint density at radius 1 is 0.781 bits per heavy atom. The van der Waals surface area contributed by atoms with Gasteiger partial charge in [-0.25, -0.2) is 0 Å². The maximum Gasteiger partial charge on any atom is 0.223 e. The monoisotopic (exact) mass is 490 g/mol. The lowest BCUT2D eigenvalue weighted by Crippen LogP contribution is -2.16. The standard InChI is InChI=1S/C24H21Cl2O5P/c1-13-9-8-10-14(2)16(13)24(28)32(29)23-21(30-3)18(25)17(19(26)22(23)31-4)20(27)15-11-6-5-7-12-15/h5-12,32H,1-4H3. The van der Waals surface area contributed by atoms with E-state index in [1.807, 2.05) is 6.07 Å². The number of halogens is 2. The Kier molecular flexibility index (Phi) is 7.45. The second kappa shape index (κ2) is 9.91. The summed E-state index contributed by atoms with van der Waals surface area (Å²) in [6.45, 7) is 3.54. The number of ether oxygens (including phenoxy) is 2. The average molecular weight is 491 g/mol. The van der Waals surface area contributed by atoms with Crippen molar-refractivity contribution in [2.24, 2.45) is 0 Å². The molecule has 3 rings (SSSR count). The van der Waals surface area contributed by atoms with Gasteiger partial charge in [0, 0.05) is 11.1 Å². The van der Waals surface area contributed by atoms with Gasteiger partial charge in [-0.3, -0.25) is 9.59 Å².